The van der Waals surface area contributed by atoms with E-state index in [1.165, 1.54) is 0 Å². The Morgan fingerprint density at radius 3 is 2.71 bits per heavy atom. The van der Waals surface area contributed by atoms with Crippen molar-refractivity contribution in [3.8, 4) is 6.07 Å². The lowest BCUT2D eigenvalue weighted by Crippen LogP contribution is -2.13. The van der Waals surface area contributed by atoms with E-state index in [4.69, 9.17) is 5.26 Å². The van der Waals surface area contributed by atoms with Crippen molar-refractivity contribution in [1.82, 2.24) is 4.98 Å². The van der Waals surface area contributed by atoms with E-state index >= 15 is 0 Å². The average Bonchev–Trinajstić information content (AvgIpc) is 2.50. The Balaban J connectivity index is 1.82. The highest BCUT2D eigenvalue weighted by Crippen LogP contribution is 2.09. The second-order valence-corrected chi connectivity index (χ2v) is 6.25. The van der Waals surface area contributed by atoms with E-state index in [0.29, 0.717) is 29.6 Å². The van der Waals surface area contributed by atoms with Crippen LogP contribution in [0.2, 0.25) is 0 Å². The first kappa shape index (κ1) is 15.2. The van der Waals surface area contributed by atoms with E-state index in [1.54, 1.807) is 0 Å². The van der Waals surface area contributed by atoms with Crippen molar-refractivity contribution in [2.24, 2.45) is 0 Å². The van der Waals surface area contributed by atoms with Crippen LogP contribution in [0, 0.1) is 18.3 Å². The van der Waals surface area contributed by atoms with Crippen molar-refractivity contribution in [1.29, 1.82) is 5.26 Å². The first-order valence-corrected chi connectivity index (χ1v) is 8.18. The number of nitriles is 1. The van der Waals surface area contributed by atoms with Gasteiger partial charge in [0.1, 0.15) is 17.6 Å². The summed E-state index contributed by atoms with van der Waals surface area (Å²) in [7, 11) is -0.911. The van der Waals surface area contributed by atoms with Crippen molar-refractivity contribution in [2.45, 2.75) is 12.7 Å². The Kier molecular flexibility index (Phi) is 5.47. The molecule has 0 spiro atoms. The molecule has 1 aromatic carbocycles. The molecular formula is C16H17N3OS. The summed E-state index contributed by atoms with van der Waals surface area (Å²) in [5.41, 5.74) is 2.36. The fourth-order valence-corrected chi connectivity index (χ4v) is 2.90. The van der Waals surface area contributed by atoms with Crippen LogP contribution in [0.5, 0.6) is 0 Å². The molecule has 0 radical (unpaired) electrons. The molecule has 1 unspecified atom stereocenters. The van der Waals surface area contributed by atoms with Gasteiger partial charge < -0.3 is 5.32 Å². The van der Waals surface area contributed by atoms with Gasteiger partial charge in [-0.15, -0.1) is 0 Å². The van der Waals surface area contributed by atoms with Gasteiger partial charge in [-0.2, -0.15) is 5.26 Å². The topological polar surface area (TPSA) is 65.8 Å². The van der Waals surface area contributed by atoms with Gasteiger partial charge in [-0.05, 0) is 24.1 Å². The zero-order chi connectivity index (χ0) is 15.1. The highest BCUT2D eigenvalue weighted by molar-refractivity contribution is 7.84. The smallest absolute Gasteiger partial charge is 0.145 e. The number of hydrogen-bond donors (Lipinski definition) is 1. The maximum atomic E-state index is 12.0. The summed E-state index contributed by atoms with van der Waals surface area (Å²) >= 11 is 0. The van der Waals surface area contributed by atoms with Crippen LogP contribution in [-0.4, -0.2) is 21.5 Å². The number of nitrogens with zero attached hydrogens (tertiary/aromatic N) is 2. The fraction of sp³-hybridized carbons (Fsp3) is 0.250. The first-order chi connectivity index (χ1) is 10.2. The summed E-state index contributed by atoms with van der Waals surface area (Å²) in [6.45, 7) is 2.42. The predicted molar refractivity (Wildman–Crippen MR) is 85.3 cm³/mol. The van der Waals surface area contributed by atoms with E-state index in [2.05, 4.69) is 16.4 Å². The molecule has 108 valence electrons. The van der Waals surface area contributed by atoms with E-state index in [9.17, 15) is 4.21 Å². The van der Waals surface area contributed by atoms with Crippen LogP contribution >= 0.6 is 0 Å². The summed E-state index contributed by atoms with van der Waals surface area (Å²) < 4.78 is 12.0. The number of aryl methyl sites for hydroxylation is 1. The third kappa shape index (κ3) is 4.69. The first-order valence-electron chi connectivity index (χ1n) is 6.69. The summed E-state index contributed by atoms with van der Waals surface area (Å²) in [4.78, 5) is 4.20. The monoisotopic (exact) mass is 299 g/mol. The van der Waals surface area contributed by atoms with Gasteiger partial charge in [0.05, 0.1) is 0 Å². The van der Waals surface area contributed by atoms with Crippen molar-refractivity contribution >= 4 is 16.6 Å². The Morgan fingerprint density at radius 2 is 2.00 bits per heavy atom. The normalized spacial score (nSPS) is 11.6. The number of anilines is 1. The Morgan fingerprint density at radius 1 is 1.24 bits per heavy atom. The molecule has 4 nitrogen and oxygen atoms in total. The quantitative estimate of drug-likeness (QED) is 0.890. The molecule has 2 aromatic rings. The highest BCUT2D eigenvalue weighted by atomic mass is 32.2. The predicted octanol–water partition coefficient (Wildman–Crippen LogP) is 2.62. The average molecular weight is 299 g/mol. The van der Waals surface area contributed by atoms with E-state index < -0.39 is 10.8 Å². The number of nitrogens with one attached hydrogen (secondary N) is 1. The van der Waals surface area contributed by atoms with Crippen LogP contribution in [0.15, 0.2) is 42.5 Å². The maximum Gasteiger partial charge on any atom is 0.145 e. The minimum atomic E-state index is -0.911. The second kappa shape index (κ2) is 7.55. The largest absolute Gasteiger partial charge is 0.369 e. The van der Waals surface area contributed by atoms with Gasteiger partial charge in [-0.25, -0.2) is 4.98 Å². The molecule has 0 bridgehead atoms. The number of pyridine rings is 1. The molecule has 0 saturated heterocycles. The zero-order valence-corrected chi connectivity index (χ0v) is 12.7. The molecule has 0 saturated carbocycles. The van der Waals surface area contributed by atoms with Gasteiger partial charge in [0.25, 0.3) is 0 Å². The molecule has 1 atom stereocenters. The second-order valence-electron chi connectivity index (χ2n) is 4.67. The minimum Gasteiger partial charge on any atom is -0.369 e. The molecule has 0 aliphatic carbocycles. The van der Waals surface area contributed by atoms with Gasteiger partial charge in [0.15, 0.2) is 0 Å². The van der Waals surface area contributed by atoms with Crippen LogP contribution in [0.25, 0.3) is 0 Å². The molecule has 1 heterocycles. The SMILES string of the molecule is Cc1ccc(NCCS(=O)Cc2ccccc2)nc1C#N. The molecule has 21 heavy (non-hydrogen) atoms. The van der Waals surface area contributed by atoms with Gasteiger partial charge >= 0.3 is 0 Å². The Labute approximate surface area is 127 Å². The van der Waals surface area contributed by atoms with E-state index in [0.717, 1.165) is 11.1 Å². The molecule has 5 heteroatoms. The maximum absolute atomic E-state index is 12.0. The van der Waals surface area contributed by atoms with Crippen molar-refractivity contribution in [3.05, 3.63) is 59.3 Å². The van der Waals surface area contributed by atoms with Crippen molar-refractivity contribution in [2.75, 3.05) is 17.6 Å². The van der Waals surface area contributed by atoms with Gasteiger partial charge in [-0.1, -0.05) is 36.4 Å². The molecule has 0 aliphatic heterocycles. The lowest BCUT2D eigenvalue weighted by molar-refractivity contribution is 0.682. The number of hydrogen-bond acceptors (Lipinski definition) is 4. The molecule has 0 amide bonds. The van der Waals surface area contributed by atoms with Gasteiger partial charge in [-0.3, -0.25) is 4.21 Å². The van der Waals surface area contributed by atoms with Crippen molar-refractivity contribution < 1.29 is 4.21 Å². The van der Waals surface area contributed by atoms with Gasteiger partial charge in [0.2, 0.25) is 0 Å². The summed E-state index contributed by atoms with van der Waals surface area (Å²) in [6.07, 6.45) is 0. The molecule has 2 rings (SSSR count). The van der Waals surface area contributed by atoms with E-state index in [-0.39, 0.29) is 0 Å². The van der Waals surface area contributed by atoms with Crippen molar-refractivity contribution in [3.63, 3.8) is 0 Å². The zero-order valence-electron chi connectivity index (χ0n) is 11.9. The third-order valence-electron chi connectivity index (χ3n) is 3.01. The third-order valence-corrected chi connectivity index (χ3v) is 4.32. The van der Waals surface area contributed by atoms with Crippen LogP contribution in [0.4, 0.5) is 5.82 Å². The van der Waals surface area contributed by atoms with Crippen LogP contribution < -0.4 is 5.32 Å². The van der Waals surface area contributed by atoms with Crippen LogP contribution in [0.3, 0.4) is 0 Å². The molecule has 0 fully saturated rings. The van der Waals surface area contributed by atoms with Crippen LogP contribution in [-0.2, 0) is 16.6 Å². The van der Waals surface area contributed by atoms with Gasteiger partial charge in [0, 0.05) is 28.9 Å². The standard InChI is InChI=1S/C16H17N3OS/c1-13-7-8-16(19-15(13)11-17)18-9-10-21(20)12-14-5-3-2-4-6-14/h2-8H,9-10,12H2,1H3,(H,18,19). The molecule has 1 N–H and O–H groups in total. The fourth-order valence-electron chi connectivity index (χ4n) is 1.87. The summed E-state index contributed by atoms with van der Waals surface area (Å²) in [6, 6.07) is 15.5. The number of rotatable bonds is 6. The van der Waals surface area contributed by atoms with E-state index in [1.807, 2.05) is 49.4 Å². The number of aromatic nitrogens is 1. The highest BCUT2D eigenvalue weighted by Gasteiger charge is 2.03. The molecule has 0 aliphatic rings. The summed E-state index contributed by atoms with van der Waals surface area (Å²) in [5.74, 6) is 1.76. The van der Waals surface area contributed by atoms with Crippen LogP contribution in [0.1, 0.15) is 16.8 Å². The number of benzene rings is 1. The Hall–Kier alpha value is -2.19. The minimum absolute atomic E-state index is 0.422. The Bertz CT molecular complexity index is 665. The molecule has 1 aromatic heterocycles. The lowest BCUT2D eigenvalue weighted by Gasteiger charge is -2.07. The lowest BCUT2D eigenvalue weighted by atomic mass is 10.2. The molecular weight excluding hydrogens is 282 g/mol. The summed E-state index contributed by atoms with van der Waals surface area (Å²) in [5, 5.41) is 12.0.